The van der Waals surface area contributed by atoms with Gasteiger partial charge >= 0.3 is 5.97 Å². The predicted molar refractivity (Wildman–Crippen MR) is 126 cm³/mol. The lowest BCUT2D eigenvalue weighted by Gasteiger charge is -2.12. The molecule has 0 amide bonds. The van der Waals surface area contributed by atoms with Crippen molar-refractivity contribution in [2.75, 3.05) is 6.61 Å². The lowest BCUT2D eigenvalue weighted by molar-refractivity contribution is -0.144. The lowest BCUT2D eigenvalue weighted by atomic mass is 9.98. The summed E-state index contributed by atoms with van der Waals surface area (Å²) in [6, 6.07) is 0. The van der Waals surface area contributed by atoms with Crippen LogP contribution in [0.25, 0.3) is 0 Å². The second-order valence-electron chi connectivity index (χ2n) is 9.17. The van der Waals surface area contributed by atoms with Gasteiger partial charge in [0.15, 0.2) is 0 Å². The van der Waals surface area contributed by atoms with Gasteiger partial charge in [-0.05, 0) is 64.7 Å². The summed E-state index contributed by atoms with van der Waals surface area (Å²) >= 11 is 0. The van der Waals surface area contributed by atoms with Gasteiger partial charge in [0.2, 0.25) is 0 Å². The molecule has 0 saturated carbocycles. The van der Waals surface area contributed by atoms with Crippen molar-refractivity contribution >= 4 is 5.97 Å². The number of hydrogen-bond acceptors (Lipinski definition) is 4. The molecule has 30 heavy (non-hydrogen) atoms. The molecule has 0 aromatic heterocycles. The number of aliphatic hydroxyl groups is 2. The molecule has 0 rings (SSSR count). The number of unbranched alkanes of at least 4 members (excludes halogenated alkanes) is 7. The van der Waals surface area contributed by atoms with E-state index >= 15 is 0 Å². The van der Waals surface area contributed by atoms with E-state index in [1.807, 2.05) is 0 Å². The average Bonchev–Trinajstić information content (AvgIpc) is 2.71. The zero-order valence-corrected chi connectivity index (χ0v) is 20.3. The standard InChI is InChI=1S/C26H50O4/c1-5-6-15-22(2)16-14-17-23(3)19-20-26(29)30-21-13-11-9-7-8-10-12-18-25(28)24(4)27/h16,23-25,27-28H,5-15,17-21H2,1-4H3/b22-16+/t23-,24-,25-/m0/s1. The van der Waals surface area contributed by atoms with Crippen LogP contribution in [0.1, 0.15) is 124 Å². The molecule has 0 unspecified atom stereocenters. The number of rotatable bonds is 20. The van der Waals surface area contributed by atoms with Crippen molar-refractivity contribution in [2.24, 2.45) is 5.92 Å². The maximum absolute atomic E-state index is 11.9. The fourth-order valence-electron chi connectivity index (χ4n) is 3.52. The molecule has 3 atom stereocenters. The molecule has 0 saturated heterocycles. The van der Waals surface area contributed by atoms with Gasteiger partial charge in [-0.15, -0.1) is 0 Å². The third-order valence-corrected chi connectivity index (χ3v) is 5.88. The average molecular weight is 427 g/mol. The van der Waals surface area contributed by atoms with E-state index in [4.69, 9.17) is 4.74 Å². The molecule has 2 N–H and O–H groups in total. The Kier molecular flexibility index (Phi) is 19.5. The summed E-state index contributed by atoms with van der Waals surface area (Å²) in [4.78, 5) is 11.9. The first-order chi connectivity index (χ1) is 14.4. The molecule has 4 nitrogen and oxygen atoms in total. The van der Waals surface area contributed by atoms with Crippen LogP contribution in [0.2, 0.25) is 0 Å². The Morgan fingerprint density at radius 2 is 1.50 bits per heavy atom. The maximum Gasteiger partial charge on any atom is 0.305 e. The van der Waals surface area contributed by atoms with E-state index in [0.717, 1.165) is 51.4 Å². The number of ether oxygens (including phenoxy) is 1. The van der Waals surface area contributed by atoms with Crippen LogP contribution in [0, 0.1) is 5.92 Å². The molecule has 0 spiro atoms. The molecule has 0 fully saturated rings. The van der Waals surface area contributed by atoms with Crippen molar-refractivity contribution < 1.29 is 19.7 Å². The molecule has 0 bridgehead atoms. The number of carbonyl (C=O) groups is 1. The highest BCUT2D eigenvalue weighted by molar-refractivity contribution is 5.69. The Morgan fingerprint density at radius 1 is 0.867 bits per heavy atom. The summed E-state index contributed by atoms with van der Waals surface area (Å²) in [6.45, 7) is 8.86. The molecule has 0 aromatic rings. The molecule has 4 heteroatoms. The minimum atomic E-state index is -0.627. The smallest absolute Gasteiger partial charge is 0.305 e. The summed E-state index contributed by atoms with van der Waals surface area (Å²) in [5.74, 6) is 0.516. The van der Waals surface area contributed by atoms with E-state index in [1.165, 1.54) is 37.7 Å². The van der Waals surface area contributed by atoms with E-state index in [1.54, 1.807) is 6.92 Å². The number of carbonyl (C=O) groups excluding carboxylic acids is 1. The summed E-state index contributed by atoms with van der Waals surface area (Å²) in [6.07, 6.45) is 16.9. The number of esters is 1. The van der Waals surface area contributed by atoms with E-state index < -0.39 is 12.2 Å². The van der Waals surface area contributed by atoms with Crippen LogP contribution < -0.4 is 0 Å². The molecule has 0 radical (unpaired) electrons. The first-order valence-electron chi connectivity index (χ1n) is 12.5. The Bertz CT molecular complexity index is 431. The first-order valence-corrected chi connectivity index (χ1v) is 12.5. The lowest BCUT2D eigenvalue weighted by Crippen LogP contribution is -2.21. The van der Waals surface area contributed by atoms with Crippen LogP contribution in [0.3, 0.4) is 0 Å². The van der Waals surface area contributed by atoms with Gasteiger partial charge < -0.3 is 14.9 Å². The highest BCUT2D eigenvalue weighted by Crippen LogP contribution is 2.16. The molecule has 0 aliphatic rings. The van der Waals surface area contributed by atoms with Gasteiger partial charge in [0.1, 0.15) is 0 Å². The third kappa shape index (κ3) is 19.1. The van der Waals surface area contributed by atoms with Crippen molar-refractivity contribution in [2.45, 2.75) is 136 Å². The number of allylic oxidation sites excluding steroid dienone is 2. The number of hydrogen-bond donors (Lipinski definition) is 2. The highest BCUT2D eigenvalue weighted by Gasteiger charge is 2.09. The predicted octanol–water partition coefficient (Wildman–Crippen LogP) is 6.73. The van der Waals surface area contributed by atoms with Crippen LogP contribution >= 0.6 is 0 Å². The molecule has 178 valence electrons. The van der Waals surface area contributed by atoms with Crippen molar-refractivity contribution in [1.82, 2.24) is 0 Å². The van der Waals surface area contributed by atoms with E-state index in [0.29, 0.717) is 25.4 Å². The zero-order valence-electron chi connectivity index (χ0n) is 20.3. The van der Waals surface area contributed by atoms with Crippen LogP contribution in [-0.2, 0) is 9.53 Å². The molecule has 0 aliphatic heterocycles. The van der Waals surface area contributed by atoms with Crippen LogP contribution in [-0.4, -0.2) is 35.0 Å². The van der Waals surface area contributed by atoms with Crippen molar-refractivity contribution in [3.05, 3.63) is 11.6 Å². The van der Waals surface area contributed by atoms with Crippen LogP contribution in [0.5, 0.6) is 0 Å². The number of aliphatic hydroxyl groups excluding tert-OH is 2. The summed E-state index contributed by atoms with van der Waals surface area (Å²) in [7, 11) is 0. The summed E-state index contributed by atoms with van der Waals surface area (Å²) in [5, 5.41) is 18.8. The Hall–Kier alpha value is -0.870. The third-order valence-electron chi connectivity index (χ3n) is 5.88. The van der Waals surface area contributed by atoms with E-state index in [-0.39, 0.29) is 5.97 Å². The highest BCUT2D eigenvalue weighted by atomic mass is 16.5. The minimum Gasteiger partial charge on any atom is -0.466 e. The summed E-state index contributed by atoms with van der Waals surface area (Å²) < 4.78 is 5.37. The molecular weight excluding hydrogens is 376 g/mol. The SMILES string of the molecule is CCCC/C(C)=C/CC[C@H](C)CCC(=O)OCCCCCCCCC[C@H](O)[C@H](C)O. The molecule has 0 aliphatic carbocycles. The first kappa shape index (κ1) is 29.1. The van der Waals surface area contributed by atoms with Gasteiger partial charge in [0, 0.05) is 6.42 Å². The van der Waals surface area contributed by atoms with Gasteiger partial charge in [-0.2, -0.15) is 0 Å². The Balaban J connectivity index is 3.49. The Labute approximate surface area is 186 Å². The van der Waals surface area contributed by atoms with Gasteiger partial charge in [-0.3, -0.25) is 4.79 Å². The maximum atomic E-state index is 11.9. The monoisotopic (exact) mass is 426 g/mol. The van der Waals surface area contributed by atoms with Gasteiger partial charge in [0.05, 0.1) is 18.8 Å². The largest absolute Gasteiger partial charge is 0.466 e. The topological polar surface area (TPSA) is 66.8 Å². The van der Waals surface area contributed by atoms with Crippen LogP contribution in [0.15, 0.2) is 11.6 Å². The second kappa shape index (κ2) is 20.1. The Morgan fingerprint density at radius 3 is 2.13 bits per heavy atom. The van der Waals surface area contributed by atoms with Gasteiger partial charge in [0.25, 0.3) is 0 Å². The molecular formula is C26H50O4. The second-order valence-corrected chi connectivity index (χ2v) is 9.17. The zero-order chi connectivity index (χ0) is 22.6. The molecule has 0 heterocycles. The fourth-order valence-corrected chi connectivity index (χ4v) is 3.52. The molecule has 0 aromatic carbocycles. The van der Waals surface area contributed by atoms with Crippen molar-refractivity contribution in [3.8, 4) is 0 Å². The summed E-state index contributed by atoms with van der Waals surface area (Å²) in [5.41, 5.74) is 1.50. The van der Waals surface area contributed by atoms with Gasteiger partial charge in [-0.1, -0.05) is 70.4 Å². The normalized spacial score (nSPS) is 15.1. The van der Waals surface area contributed by atoms with Crippen molar-refractivity contribution in [3.63, 3.8) is 0 Å². The van der Waals surface area contributed by atoms with Crippen LogP contribution in [0.4, 0.5) is 0 Å². The van der Waals surface area contributed by atoms with E-state index in [9.17, 15) is 15.0 Å². The quantitative estimate of drug-likeness (QED) is 0.129. The van der Waals surface area contributed by atoms with Gasteiger partial charge in [-0.25, -0.2) is 0 Å². The fraction of sp³-hybridized carbons (Fsp3) is 0.885. The van der Waals surface area contributed by atoms with Crippen molar-refractivity contribution in [1.29, 1.82) is 0 Å². The minimum absolute atomic E-state index is 0.0480. The van der Waals surface area contributed by atoms with E-state index in [2.05, 4.69) is 26.8 Å².